The van der Waals surface area contributed by atoms with Crippen molar-refractivity contribution in [2.75, 3.05) is 32.4 Å². The van der Waals surface area contributed by atoms with Crippen LogP contribution >= 0.6 is 23.1 Å². The van der Waals surface area contributed by atoms with Crippen LogP contribution in [0.25, 0.3) is 11.3 Å². The van der Waals surface area contributed by atoms with Gasteiger partial charge in [-0.2, -0.15) is 0 Å². The van der Waals surface area contributed by atoms with E-state index in [-0.39, 0.29) is 10.7 Å². The summed E-state index contributed by atoms with van der Waals surface area (Å²) < 4.78 is 15.6. The van der Waals surface area contributed by atoms with Crippen molar-refractivity contribution in [3.8, 4) is 22.8 Å². The molecule has 0 aliphatic rings. The molecule has 1 N–H and O–H groups in total. The summed E-state index contributed by atoms with van der Waals surface area (Å²) in [5, 5.41) is 15.8. The fraction of sp³-hybridized carbons (Fsp3) is 0.190. The molecule has 0 aliphatic carbocycles. The molecule has 0 spiro atoms. The molecular weight excluding hydrogens is 470 g/mol. The topological polar surface area (TPSA) is 130 Å². The largest absolute Gasteiger partial charge is 0.497 e. The van der Waals surface area contributed by atoms with Gasteiger partial charge in [-0.1, -0.05) is 0 Å². The molecule has 0 unspecified atom stereocenters. The number of hydrogen-bond acceptors (Lipinski definition) is 10. The van der Waals surface area contributed by atoms with Gasteiger partial charge in [-0.3, -0.25) is 20.2 Å². The maximum Gasteiger partial charge on any atom is 0.345 e. The van der Waals surface area contributed by atoms with E-state index in [1.165, 1.54) is 48.4 Å². The summed E-state index contributed by atoms with van der Waals surface area (Å²) >= 11 is 2.49. The summed E-state index contributed by atoms with van der Waals surface area (Å²) in [6, 6.07) is 9.38. The number of thioether (sulfide) groups is 1. The summed E-state index contributed by atoms with van der Waals surface area (Å²) in [6.45, 7) is -0.628. The lowest BCUT2D eigenvalue weighted by Crippen LogP contribution is -2.21. The molecule has 0 atom stereocenters. The quantitative estimate of drug-likeness (QED) is 0.203. The summed E-state index contributed by atoms with van der Waals surface area (Å²) in [5.74, 6) is -0.392. The molecule has 3 rings (SSSR count). The molecular formula is C21H19N3O7S2. The number of aromatic nitrogens is 1. The van der Waals surface area contributed by atoms with Gasteiger partial charge in [0.2, 0.25) is 0 Å². The zero-order chi connectivity index (χ0) is 24.0. The van der Waals surface area contributed by atoms with E-state index in [1.54, 1.807) is 36.9 Å². The fourth-order valence-corrected chi connectivity index (χ4v) is 3.96. The van der Waals surface area contributed by atoms with Crippen LogP contribution in [0, 0.1) is 10.1 Å². The van der Waals surface area contributed by atoms with Gasteiger partial charge in [0, 0.05) is 21.9 Å². The average Bonchev–Trinajstić information content (AvgIpc) is 3.29. The van der Waals surface area contributed by atoms with Gasteiger partial charge in [0.05, 0.1) is 24.8 Å². The summed E-state index contributed by atoms with van der Waals surface area (Å²) in [4.78, 5) is 40.2. The minimum Gasteiger partial charge on any atom is -0.497 e. The Balaban J connectivity index is 1.67. The van der Waals surface area contributed by atoms with Crippen molar-refractivity contribution in [1.29, 1.82) is 0 Å². The average molecular weight is 490 g/mol. The van der Waals surface area contributed by atoms with Gasteiger partial charge in [-0.15, -0.1) is 23.1 Å². The zero-order valence-corrected chi connectivity index (χ0v) is 19.5. The van der Waals surface area contributed by atoms with E-state index in [1.807, 2.05) is 0 Å². The molecule has 0 fully saturated rings. The number of amides is 1. The molecule has 1 heterocycles. The predicted molar refractivity (Wildman–Crippen MR) is 124 cm³/mol. The Morgan fingerprint density at radius 2 is 1.97 bits per heavy atom. The second-order valence-electron chi connectivity index (χ2n) is 6.37. The number of methoxy groups -OCH3 is 2. The standard InChI is InChI=1S/C21H19N3O7S2/c1-29-12-4-7-18(30-2)14(8-12)16-11-33-21(22-16)23-19(25)10-31-20(26)15-9-13(32-3)5-6-17(15)24(27)28/h4-9,11H,10H2,1-3H3,(H,22,23,25). The third kappa shape index (κ3) is 5.79. The van der Waals surface area contributed by atoms with E-state index < -0.39 is 29.1 Å². The van der Waals surface area contributed by atoms with Gasteiger partial charge < -0.3 is 14.2 Å². The molecule has 0 saturated carbocycles. The van der Waals surface area contributed by atoms with Gasteiger partial charge in [0.1, 0.15) is 17.1 Å². The van der Waals surface area contributed by atoms with E-state index >= 15 is 0 Å². The number of rotatable bonds is 9. The number of nitrogens with one attached hydrogen (secondary N) is 1. The van der Waals surface area contributed by atoms with Gasteiger partial charge in [-0.05, 0) is 36.6 Å². The highest BCUT2D eigenvalue weighted by Crippen LogP contribution is 2.35. The Hall–Kier alpha value is -3.64. The highest BCUT2D eigenvalue weighted by molar-refractivity contribution is 7.98. The van der Waals surface area contributed by atoms with E-state index in [9.17, 15) is 19.7 Å². The van der Waals surface area contributed by atoms with E-state index in [0.29, 0.717) is 27.7 Å². The third-order valence-electron chi connectivity index (χ3n) is 4.39. The molecule has 0 bridgehead atoms. The van der Waals surface area contributed by atoms with Crippen molar-refractivity contribution in [1.82, 2.24) is 4.98 Å². The van der Waals surface area contributed by atoms with Crippen molar-refractivity contribution in [2.24, 2.45) is 0 Å². The summed E-state index contributed by atoms with van der Waals surface area (Å²) in [5.41, 5.74) is 0.630. The fourth-order valence-electron chi connectivity index (χ4n) is 2.80. The smallest absolute Gasteiger partial charge is 0.345 e. The van der Waals surface area contributed by atoms with E-state index in [0.717, 1.165) is 0 Å². The van der Waals surface area contributed by atoms with Crippen LogP contribution < -0.4 is 14.8 Å². The Morgan fingerprint density at radius 3 is 2.64 bits per heavy atom. The number of nitro benzene ring substituents is 1. The number of carbonyl (C=O) groups excluding carboxylic acids is 2. The van der Waals surface area contributed by atoms with Crippen LogP contribution in [0.3, 0.4) is 0 Å². The minimum atomic E-state index is -0.964. The number of nitrogens with zero attached hydrogens (tertiary/aromatic N) is 2. The highest BCUT2D eigenvalue weighted by atomic mass is 32.2. The molecule has 1 aromatic heterocycles. The number of benzene rings is 2. The molecule has 3 aromatic rings. The van der Waals surface area contributed by atoms with Gasteiger partial charge >= 0.3 is 5.97 Å². The minimum absolute atomic E-state index is 0.221. The number of thiazole rings is 1. The zero-order valence-electron chi connectivity index (χ0n) is 17.8. The van der Waals surface area contributed by atoms with Crippen LogP contribution in [0.2, 0.25) is 0 Å². The van der Waals surface area contributed by atoms with Crippen molar-refractivity contribution >= 4 is 45.8 Å². The maximum absolute atomic E-state index is 12.4. The molecule has 0 saturated heterocycles. The van der Waals surface area contributed by atoms with Gasteiger partial charge in [0.25, 0.3) is 11.6 Å². The number of nitro groups is 1. The Labute approximate surface area is 197 Å². The predicted octanol–water partition coefficient (Wildman–Crippen LogP) is 4.25. The van der Waals surface area contributed by atoms with Crippen LogP contribution in [-0.4, -0.2) is 48.9 Å². The Morgan fingerprint density at radius 1 is 1.18 bits per heavy atom. The van der Waals surface area contributed by atoms with Crippen molar-refractivity contribution in [3.63, 3.8) is 0 Å². The first-order chi connectivity index (χ1) is 15.9. The first kappa shape index (κ1) is 24.0. The number of hydrogen-bond donors (Lipinski definition) is 1. The molecule has 33 heavy (non-hydrogen) atoms. The molecule has 0 aliphatic heterocycles. The monoisotopic (exact) mass is 489 g/mol. The Kier molecular flexibility index (Phi) is 7.85. The van der Waals surface area contributed by atoms with Gasteiger partial charge in [-0.25, -0.2) is 9.78 Å². The molecule has 10 nitrogen and oxygen atoms in total. The molecule has 2 aromatic carbocycles. The number of carbonyl (C=O) groups is 2. The van der Waals surface area contributed by atoms with Crippen LogP contribution in [0.1, 0.15) is 10.4 Å². The lowest BCUT2D eigenvalue weighted by atomic mass is 10.1. The Bertz CT molecular complexity index is 1200. The van der Waals surface area contributed by atoms with Crippen LogP contribution in [0.5, 0.6) is 11.5 Å². The number of ether oxygens (including phenoxy) is 3. The van der Waals surface area contributed by atoms with Crippen molar-refractivity contribution in [3.05, 3.63) is 57.5 Å². The summed E-state index contributed by atoms with van der Waals surface area (Å²) in [6.07, 6.45) is 1.77. The molecule has 172 valence electrons. The normalized spacial score (nSPS) is 10.4. The number of anilines is 1. The van der Waals surface area contributed by atoms with Crippen LogP contribution in [-0.2, 0) is 9.53 Å². The third-order valence-corrected chi connectivity index (χ3v) is 5.87. The second-order valence-corrected chi connectivity index (χ2v) is 8.11. The van der Waals surface area contributed by atoms with Gasteiger partial charge in [0.15, 0.2) is 11.7 Å². The SMILES string of the molecule is COc1ccc(OC)c(-c2csc(NC(=O)COC(=O)c3cc(SC)ccc3[N+](=O)[O-])n2)c1. The number of esters is 1. The van der Waals surface area contributed by atoms with E-state index in [2.05, 4.69) is 10.3 Å². The van der Waals surface area contributed by atoms with Crippen LogP contribution in [0.15, 0.2) is 46.7 Å². The molecule has 1 amide bonds. The highest BCUT2D eigenvalue weighted by Gasteiger charge is 2.23. The van der Waals surface area contributed by atoms with E-state index in [4.69, 9.17) is 14.2 Å². The maximum atomic E-state index is 12.4. The van der Waals surface area contributed by atoms with Crippen molar-refractivity contribution in [2.45, 2.75) is 4.90 Å². The molecule has 12 heteroatoms. The first-order valence-electron chi connectivity index (χ1n) is 9.33. The van der Waals surface area contributed by atoms with Crippen LogP contribution in [0.4, 0.5) is 10.8 Å². The second kappa shape index (κ2) is 10.8. The lowest BCUT2D eigenvalue weighted by Gasteiger charge is -2.08. The lowest BCUT2D eigenvalue weighted by molar-refractivity contribution is -0.385. The molecule has 0 radical (unpaired) electrons. The first-order valence-corrected chi connectivity index (χ1v) is 11.4. The summed E-state index contributed by atoms with van der Waals surface area (Å²) in [7, 11) is 3.08. The van der Waals surface area contributed by atoms with Crippen molar-refractivity contribution < 1.29 is 28.7 Å².